The molecule has 0 aliphatic carbocycles. The van der Waals surface area contributed by atoms with E-state index in [-0.39, 0.29) is 23.9 Å². The van der Waals surface area contributed by atoms with E-state index in [2.05, 4.69) is 0 Å². The van der Waals surface area contributed by atoms with E-state index in [0.29, 0.717) is 0 Å². The van der Waals surface area contributed by atoms with Gasteiger partial charge < -0.3 is 5.11 Å². The monoisotopic (exact) mass is 458 g/mol. The fourth-order valence-electron chi connectivity index (χ4n) is 1.56. The Morgan fingerprint density at radius 3 is 1.75 bits per heavy atom. The second kappa shape index (κ2) is 7.98. The van der Waals surface area contributed by atoms with Crippen LogP contribution in [0.5, 0.6) is 0 Å². The molecule has 0 heterocycles. The van der Waals surface area contributed by atoms with Gasteiger partial charge in [-0.25, -0.2) is 0 Å². The van der Waals surface area contributed by atoms with Gasteiger partial charge in [-0.2, -0.15) is 30.7 Å². The van der Waals surface area contributed by atoms with E-state index in [1.165, 1.54) is 0 Å². The number of nitro benzene ring substituents is 2. The number of thioether (sulfide) groups is 2. The number of nitro groups is 2. The second-order valence-corrected chi connectivity index (χ2v) is 6.85. The van der Waals surface area contributed by atoms with Crippen molar-refractivity contribution in [1.29, 1.82) is 0 Å². The number of hydrogen-bond acceptors (Lipinski definition) is 7. The molecule has 0 saturated carbocycles. The van der Waals surface area contributed by atoms with Crippen molar-refractivity contribution in [2.45, 2.75) is 27.1 Å². The third-order valence-electron chi connectivity index (χ3n) is 2.72. The molecule has 1 aromatic rings. The van der Waals surface area contributed by atoms with E-state index >= 15 is 0 Å². The molecule has 0 aliphatic heterocycles. The summed E-state index contributed by atoms with van der Waals surface area (Å²) in [5.41, 5.74) is -2.62. The van der Waals surface area contributed by atoms with Gasteiger partial charge in [0.15, 0.2) is 4.90 Å². The van der Waals surface area contributed by atoms with Crippen molar-refractivity contribution in [1.82, 2.24) is 0 Å². The molecule has 0 aliphatic rings. The van der Waals surface area contributed by atoms with Crippen molar-refractivity contribution < 1.29 is 50.5 Å². The maximum absolute atomic E-state index is 13.5. The van der Waals surface area contributed by atoms with E-state index in [1.54, 1.807) is 0 Å². The maximum atomic E-state index is 13.5. The van der Waals surface area contributed by atoms with Gasteiger partial charge in [0.2, 0.25) is 0 Å². The number of carboxylic acids is 1. The lowest BCUT2D eigenvalue weighted by molar-refractivity contribution is -0.400. The van der Waals surface area contributed by atoms with Crippen LogP contribution in [0, 0.1) is 20.2 Å². The molecule has 0 amide bonds. The van der Waals surface area contributed by atoms with Crippen LogP contribution in [0.25, 0.3) is 0 Å². The van der Waals surface area contributed by atoms with Crippen LogP contribution in [0.2, 0.25) is 0 Å². The Labute approximate surface area is 157 Å². The molecule has 1 rings (SSSR count). The van der Waals surface area contributed by atoms with Gasteiger partial charge in [-0.05, 0) is 11.8 Å². The smallest absolute Gasteiger partial charge is 0.460 e. The van der Waals surface area contributed by atoms with Crippen molar-refractivity contribution in [2.24, 2.45) is 0 Å². The molecule has 156 valence electrons. The summed E-state index contributed by atoms with van der Waals surface area (Å²) >= 11 is -1.39. The van der Waals surface area contributed by atoms with Crippen molar-refractivity contribution in [3.8, 4) is 0 Å². The molecule has 0 unspecified atom stereocenters. The lowest BCUT2D eigenvalue weighted by atomic mass is 10.3. The van der Waals surface area contributed by atoms with E-state index in [9.17, 15) is 55.8 Å². The molecule has 1 aromatic carbocycles. The number of carboxylic acid groups (broad SMARTS) is 1. The maximum Gasteiger partial charge on any atom is 0.460 e. The molecule has 0 aromatic heterocycles. The quantitative estimate of drug-likeness (QED) is 0.260. The first-order valence-corrected chi connectivity index (χ1v) is 8.14. The number of halogens is 7. The Morgan fingerprint density at radius 2 is 1.43 bits per heavy atom. The number of carbonyl (C=O) groups is 1. The van der Waals surface area contributed by atoms with Crippen molar-refractivity contribution in [2.75, 3.05) is 5.75 Å². The predicted octanol–water partition coefficient (Wildman–Crippen LogP) is 4.56. The molecule has 28 heavy (non-hydrogen) atoms. The molecule has 0 atom stereocenters. The van der Waals surface area contributed by atoms with Crippen molar-refractivity contribution >= 4 is 40.9 Å². The zero-order valence-corrected chi connectivity index (χ0v) is 14.3. The Bertz CT molecular complexity index is 782. The Kier molecular flexibility index (Phi) is 6.76. The molecule has 0 bridgehead atoms. The third-order valence-corrected chi connectivity index (χ3v) is 4.81. The van der Waals surface area contributed by atoms with Gasteiger partial charge in [0.1, 0.15) is 0 Å². The topological polar surface area (TPSA) is 124 Å². The minimum atomic E-state index is -6.67. The zero-order chi connectivity index (χ0) is 22.1. The van der Waals surface area contributed by atoms with Gasteiger partial charge in [-0.3, -0.25) is 25.0 Å². The Morgan fingerprint density at radius 1 is 1.00 bits per heavy atom. The minimum absolute atomic E-state index is 0.0671. The summed E-state index contributed by atoms with van der Waals surface area (Å²) in [6.07, 6.45) is -6.67. The van der Waals surface area contributed by atoms with Gasteiger partial charge in [0.05, 0.1) is 15.6 Å². The second-order valence-electron chi connectivity index (χ2n) is 4.68. The van der Waals surface area contributed by atoms with E-state index in [1.807, 2.05) is 0 Å². The van der Waals surface area contributed by atoms with Crippen LogP contribution in [0.3, 0.4) is 0 Å². The molecule has 0 fully saturated rings. The summed E-state index contributed by atoms with van der Waals surface area (Å²) in [6.45, 7) is 0. The van der Waals surface area contributed by atoms with Gasteiger partial charge >= 0.3 is 23.3 Å². The fourth-order valence-corrected chi connectivity index (χ4v) is 3.27. The van der Waals surface area contributed by atoms with Crippen LogP contribution in [-0.4, -0.2) is 44.0 Å². The van der Waals surface area contributed by atoms with Crippen LogP contribution in [-0.2, 0) is 4.79 Å². The zero-order valence-electron chi connectivity index (χ0n) is 12.7. The summed E-state index contributed by atoms with van der Waals surface area (Å²) in [6, 6.07) is 0.227. The Hall–Kier alpha value is -2.30. The molecule has 17 heteroatoms. The first-order chi connectivity index (χ1) is 12.5. The van der Waals surface area contributed by atoms with Crippen molar-refractivity contribution in [3.63, 3.8) is 0 Å². The summed E-state index contributed by atoms with van der Waals surface area (Å²) in [7, 11) is 0. The number of benzene rings is 1. The standard InChI is InChI=1S/C11H5F7N2O6S2/c12-9(13,10(14,15)16)11(17,18)28-4-1-5(19(23)24)8(27-3-7(21)22)6(2-4)20(25)26/h1-2H,3H2,(H,21,22). The van der Waals surface area contributed by atoms with Crippen LogP contribution in [0.4, 0.5) is 42.1 Å². The number of alkyl halides is 7. The van der Waals surface area contributed by atoms with Gasteiger partial charge in [-0.1, -0.05) is 0 Å². The lowest BCUT2D eigenvalue weighted by Crippen LogP contribution is -2.49. The molecule has 1 N–H and O–H groups in total. The van der Waals surface area contributed by atoms with Gasteiger partial charge in [0.25, 0.3) is 11.4 Å². The van der Waals surface area contributed by atoms with Crippen LogP contribution in [0.15, 0.2) is 21.9 Å². The number of aliphatic carboxylic acids is 1. The number of rotatable bonds is 8. The summed E-state index contributed by atoms with van der Waals surface area (Å²) in [5.74, 6) is -9.02. The van der Waals surface area contributed by atoms with Gasteiger partial charge in [0, 0.05) is 17.0 Å². The molecular weight excluding hydrogens is 453 g/mol. The largest absolute Gasteiger partial charge is 0.481 e. The number of hydrogen-bond donors (Lipinski definition) is 1. The van der Waals surface area contributed by atoms with Crippen LogP contribution in [0.1, 0.15) is 0 Å². The highest BCUT2D eigenvalue weighted by atomic mass is 32.2. The average molecular weight is 458 g/mol. The highest BCUT2D eigenvalue weighted by molar-refractivity contribution is 8.00. The first kappa shape index (κ1) is 23.7. The predicted molar refractivity (Wildman–Crippen MR) is 79.9 cm³/mol. The van der Waals surface area contributed by atoms with Gasteiger partial charge in [-0.15, -0.1) is 11.8 Å². The number of nitrogens with zero attached hydrogens (tertiary/aromatic N) is 2. The molecule has 0 spiro atoms. The fraction of sp³-hybridized carbons (Fsp3) is 0.364. The highest BCUT2D eigenvalue weighted by Crippen LogP contribution is 2.55. The van der Waals surface area contributed by atoms with E-state index < -0.39 is 71.8 Å². The molecule has 0 saturated heterocycles. The van der Waals surface area contributed by atoms with Crippen LogP contribution < -0.4 is 0 Å². The highest BCUT2D eigenvalue weighted by Gasteiger charge is 2.73. The SMILES string of the molecule is O=C(O)CSc1c([N+](=O)[O-])cc(SC(F)(F)C(F)(F)C(F)(F)F)cc1[N+](=O)[O-]. The van der Waals surface area contributed by atoms with Crippen molar-refractivity contribution in [3.05, 3.63) is 32.4 Å². The minimum Gasteiger partial charge on any atom is -0.481 e. The van der Waals surface area contributed by atoms with E-state index in [0.717, 1.165) is 0 Å². The molecular formula is C11H5F7N2O6S2. The molecule has 0 radical (unpaired) electrons. The lowest BCUT2D eigenvalue weighted by Gasteiger charge is -2.27. The normalized spacial score (nSPS) is 12.7. The van der Waals surface area contributed by atoms with E-state index in [4.69, 9.17) is 5.11 Å². The average Bonchev–Trinajstić information content (AvgIpc) is 2.50. The summed E-state index contributed by atoms with van der Waals surface area (Å²) < 4.78 is 89.4. The molecule has 8 nitrogen and oxygen atoms in total. The summed E-state index contributed by atoms with van der Waals surface area (Å²) in [4.78, 5) is 27.6. The Balaban J connectivity index is 3.52. The summed E-state index contributed by atoms with van der Waals surface area (Å²) in [5, 5.41) is 24.7. The third kappa shape index (κ3) is 4.94. The first-order valence-electron chi connectivity index (χ1n) is 6.34. The van der Waals surface area contributed by atoms with Crippen LogP contribution >= 0.6 is 23.5 Å².